The zero-order valence-corrected chi connectivity index (χ0v) is 14.3. The van der Waals surface area contributed by atoms with Gasteiger partial charge in [0.1, 0.15) is 18.5 Å². The zero-order valence-electron chi connectivity index (χ0n) is 9.58. The Balaban J connectivity index is 2.63. The molecule has 0 bridgehead atoms. The zero-order chi connectivity index (χ0) is 13.7. The molecule has 98 valence electrons. The van der Waals surface area contributed by atoms with Crippen molar-refractivity contribution in [2.24, 2.45) is 0 Å². The van der Waals surface area contributed by atoms with Gasteiger partial charge in [-0.2, -0.15) is 0 Å². The van der Waals surface area contributed by atoms with Crippen molar-refractivity contribution < 1.29 is 14.3 Å². The second-order valence-electron chi connectivity index (χ2n) is 3.46. The Kier molecular flexibility index (Phi) is 6.38. The van der Waals surface area contributed by atoms with Gasteiger partial charge in [-0.05, 0) is 50.9 Å². The van der Waals surface area contributed by atoms with Gasteiger partial charge < -0.3 is 9.47 Å². The standard InChI is InChI=1S/C12H11Br3O3/c1-3-11(16)18-7(2)6-17-12-9(14)4-8(13)5-10(12)15/h3-5,7H,1,6H2,2H3. The third-order valence-corrected chi connectivity index (χ3v) is 3.55. The first-order valence-electron chi connectivity index (χ1n) is 5.04. The second-order valence-corrected chi connectivity index (χ2v) is 6.09. The van der Waals surface area contributed by atoms with Gasteiger partial charge in [0.15, 0.2) is 0 Å². The van der Waals surface area contributed by atoms with Crippen LogP contribution < -0.4 is 4.74 Å². The number of benzene rings is 1. The van der Waals surface area contributed by atoms with Gasteiger partial charge in [-0.1, -0.05) is 22.5 Å². The van der Waals surface area contributed by atoms with Gasteiger partial charge in [0, 0.05) is 10.5 Å². The fraction of sp³-hybridized carbons (Fsp3) is 0.250. The van der Waals surface area contributed by atoms with Gasteiger partial charge in [0.25, 0.3) is 0 Å². The van der Waals surface area contributed by atoms with E-state index in [1.165, 1.54) is 0 Å². The Labute approximate surface area is 131 Å². The summed E-state index contributed by atoms with van der Waals surface area (Å²) in [5.74, 6) is 0.208. The lowest BCUT2D eigenvalue weighted by molar-refractivity contribution is -0.143. The fourth-order valence-corrected chi connectivity index (χ4v) is 3.64. The van der Waals surface area contributed by atoms with Crippen LogP contribution in [0, 0.1) is 0 Å². The first-order chi connectivity index (χ1) is 8.43. The molecule has 0 radical (unpaired) electrons. The summed E-state index contributed by atoms with van der Waals surface area (Å²) in [5, 5.41) is 0. The van der Waals surface area contributed by atoms with Crippen molar-refractivity contribution in [1.29, 1.82) is 0 Å². The first-order valence-corrected chi connectivity index (χ1v) is 7.42. The molecule has 0 aliphatic rings. The molecule has 0 aliphatic carbocycles. The molecule has 0 saturated heterocycles. The quantitative estimate of drug-likeness (QED) is 0.498. The molecule has 6 heteroatoms. The molecule has 1 unspecified atom stereocenters. The highest BCUT2D eigenvalue weighted by Crippen LogP contribution is 2.36. The molecule has 3 nitrogen and oxygen atoms in total. The molecule has 1 aromatic carbocycles. The smallest absolute Gasteiger partial charge is 0.330 e. The van der Waals surface area contributed by atoms with E-state index < -0.39 is 5.97 Å². The maximum Gasteiger partial charge on any atom is 0.330 e. The predicted molar refractivity (Wildman–Crippen MR) is 80.8 cm³/mol. The molecule has 0 aliphatic heterocycles. The van der Waals surface area contributed by atoms with Gasteiger partial charge in [-0.15, -0.1) is 0 Å². The third-order valence-electron chi connectivity index (χ3n) is 1.91. The van der Waals surface area contributed by atoms with Gasteiger partial charge in [0.05, 0.1) is 8.95 Å². The Morgan fingerprint density at radius 2 is 1.94 bits per heavy atom. The van der Waals surface area contributed by atoms with Crippen LogP contribution in [0.2, 0.25) is 0 Å². The molecule has 1 rings (SSSR count). The molecular weight excluding hydrogens is 432 g/mol. The minimum Gasteiger partial charge on any atom is -0.487 e. The highest BCUT2D eigenvalue weighted by atomic mass is 79.9. The van der Waals surface area contributed by atoms with E-state index in [2.05, 4.69) is 54.4 Å². The molecule has 0 fully saturated rings. The van der Waals surface area contributed by atoms with Crippen LogP contribution >= 0.6 is 47.8 Å². The van der Waals surface area contributed by atoms with Gasteiger partial charge in [-0.3, -0.25) is 0 Å². The van der Waals surface area contributed by atoms with E-state index >= 15 is 0 Å². The third kappa shape index (κ3) is 4.74. The highest BCUT2D eigenvalue weighted by molar-refractivity contribution is 9.11. The lowest BCUT2D eigenvalue weighted by atomic mass is 10.3. The Morgan fingerprint density at radius 1 is 1.39 bits per heavy atom. The molecule has 0 heterocycles. The van der Waals surface area contributed by atoms with Crippen LogP contribution in [0.5, 0.6) is 5.75 Å². The van der Waals surface area contributed by atoms with E-state index in [4.69, 9.17) is 9.47 Å². The molecule has 0 spiro atoms. The molecule has 1 atom stereocenters. The van der Waals surface area contributed by atoms with E-state index in [-0.39, 0.29) is 12.7 Å². The number of halogens is 3. The van der Waals surface area contributed by atoms with Crippen LogP contribution in [-0.4, -0.2) is 18.7 Å². The van der Waals surface area contributed by atoms with Crippen molar-refractivity contribution in [2.75, 3.05) is 6.61 Å². The lowest BCUT2D eigenvalue weighted by Gasteiger charge is -2.15. The molecule has 0 saturated carbocycles. The number of hydrogen-bond acceptors (Lipinski definition) is 3. The number of rotatable bonds is 5. The van der Waals surface area contributed by atoms with Gasteiger partial charge in [-0.25, -0.2) is 4.79 Å². The van der Waals surface area contributed by atoms with Crippen LogP contribution in [0.1, 0.15) is 6.92 Å². The van der Waals surface area contributed by atoms with Gasteiger partial charge >= 0.3 is 5.97 Å². The summed E-state index contributed by atoms with van der Waals surface area (Å²) in [7, 11) is 0. The maximum absolute atomic E-state index is 11.0. The summed E-state index contributed by atoms with van der Waals surface area (Å²) >= 11 is 10.2. The number of esters is 1. The SMILES string of the molecule is C=CC(=O)OC(C)COc1c(Br)cc(Br)cc1Br. The first kappa shape index (κ1) is 15.7. The molecular formula is C12H11Br3O3. The van der Waals surface area contributed by atoms with E-state index in [0.29, 0.717) is 5.75 Å². The highest BCUT2D eigenvalue weighted by Gasteiger charge is 2.12. The molecule has 1 aromatic rings. The van der Waals surface area contributed by atoms with E-state index in [1.807, 2.05) is 12.1 Å². The summed E-state index contributed by atoms with van der Waals surface area (Å²) in [5.41, 5.74) is 0. The van der Waals surface area contributed by atoms with Crippen LogP contribution in [0.25, 0.3) is 0 Å². The monoisotopic (exact) mass is 440 g/mol. The largest absolute Gasteiger partial charge is 0.487 e. The number of ether oxygens (including phenoxy) is 2. The van der Waals surface area contributed by atoms with E-state index in [9.17, 15) is 4.79 Å². The van der Waals surface area contributed by atoms with Crippen molar-refractivity contribution in [2.45, 2.75) is 13.0 Å². The number of carbonyl (C=O) groups is 1. The van der Waals surface area contributed by atoms with Crippen LogP contribution in [0.4, 0.5) is 0 Å². The summed E-state index contributed by atoms with van der Waals surface area (Å²) in [4.78, 5) is 11.0. The number of hydrogen-bond donors (Lipinski definition) is 0. The minimum absolute atomic E-state index is 0.262. The molecule has 0 aromatic heterocycles. The average Bonchev–Trinajstić information content (AvgIpc) is 2.27. The normalized spacial score (nSPS) is 11.8. The summed E-state index contributed by atoms with van der Waals surface area (Å²) in [6, 6.07) is 3.75. The Hall–Kier alpha value is -0.330. The van der Waals surface area contributed by atoms with Crippen LogP contribution in [0.15, 0.2) is 38.2 Å². The van der Waals surface area contributed by atoms with Crippen LogP contribution in [0.3, 0.4) is 0 Å². The van der Waals surface area contributed by atoms with Crippen molar-refractivity contribution in [3.8, 4) is 5.75 Å². The lowest BCUT2D eigenvalue weighted by Crippen LogP contribution is -2.21. The van der Waals surface area contributed by atoms with Crippen molar-refractivity contribution in [3.05, 3.63) is 38.2 Å². The molecule has 0 amide bonds. The van der Waals surface area contributed by atoms with Crippen molar-refractivity contribution in [3.63, 3.8) is 0 Å². The molecule has 0 N–H and O–H groups in total. The van der Waals surface area contributed by atoms with E-state index in [0.717, 1.165) is 19.5 Å². The average molecular weight is 443 g/mol. The van der Waals surface area contributed by atoms with Crippen molar-refractivity contribution in [1.82, 2.24) is 0 Å². The predicted octanol–water partition coefficient (Wildman–Crippen LogP) is 4.47. The second kappa shape index (κ2) is 7.31. The Bertz CT molecular complexity index is 437. The Morgan fingerprint density at radius 3 is 2.44 bits per heavy atom. The van der Waals surface area contributed by atoms with Gasteiger partial charge in [0.2, 0.25) is 0 Å². The minimum atomic E-state index is -0.458. The van der Waals surface area contributed by atoms with Crippen molar-refractivity contribution >= 4 is 53.8 Å². The summed E-state index contributed by atoms with van der Waals surface area (Å²) in [6.45, 7) is 5.35. The number of carbonyl (C=O) groups excluding carboxylic acids is 1. The fourth-order valence-electron chi connectivity index (χ4n) is 1.15. The maximum atomic E-state index is 11.0. The molecule has 18 heavy (non-hydrogen) atoms. The van der Waals surface area contributed by atoms with Crippen LogP contribution in [-0.2, 0) is 9.53 Å². The summed E-state index contributed by atoms with van der Waals surface area (Å²) < 4.78 is 13.2. The summed E-state index contributed by atoms with van der Waals surface area (Å²) in [6.07, 6.45) is 0.778. The topological polar surface area (TPSA) is 35.5 Å². The van der Waals surface area contributed by atoms with E-state index in [1.54, 1.807) is 6.92 Å².